The number of anilines is 1. The fraction of sp³-hybridized carbons (Fsp3) is 0.308. The second-order valence-corrected chi connectivity index (χ2v) is 4.51. The van der Waals surface area contributed by atoms with Gasteiger partial charge in [0.15, 0.2) is 5.75 Å². The van der Waals surface area contributed by atoms with Crippen molar-refractivity contribution in [3.8, 4) is 5.75 Å². The van der Waals surface area contributed by atoms with Crippen LogP contribution in [0.5, 0.6) is 5.75 Å². The van der Waals surface area contributed by atoms with E-state index in [9.17, 15) is 0 Å². The van der Waals surface area contributed by atoms with E-state index >= 15 is 0 Å². The Bertz CT molecular complexity index is 599. The fourth-order valence-electron chi connectivity index (χ4n) is 2.06. The monoisotopic (exact) mass is 265 g/mol. The molecule has 1 aromatic carbocycles. The first-order valence-electron chi connectivity index (χ1n) is 5.75. The Morgan fingerprint density at radius 2 is 2.17 bits per heavy atom. The van der Waals surface area contributed by atoms with Gasteiger partial charge in [0.2, 0.25) is 0 Å². The summed E-state index contributed by atoms with van der Waals surface area (Å²) in [5, 5.41) is 1.59. The number of aryl methyl sites for hydroxylation is 2. The molecule has 0 aliphatic carbocycles. The first kappa shape index (κ1) is 12.9. The Kier molecular flexibility index (Phi) is 3.59. The molecule has 0 aliphatic rings. The maximum Gasteiger partial charge on any atom is 0.163 e. The molecule has 0 bridgehead atoms. The van der Waals surface area contributed by atoms with Crippen molar-refractivity contribution in [1.82, 2.24) is 4.98 Å². The number of rotatable bonds is 3. The van der Waals surface area contributed by atoms with Crippen LogP contribution in [0, 0.1) is 6.92 Å². The van der Waals surface area contributed by atoms with Crippen LogP contribution in [0.25, 0.3) is 10.9 Å². The van der Waals surface area contributed by atoms with Crippen LogP contribution < -0.4 is 16.0 Å². The van der Waals surface area contributed by atoms with E-state index in [1.807, 2.05) is 13.0 Å². The average Bonchev–Trinajstić information content (AvgIpc) is 2.37. The number of hydrogen-bond acceptors (Lipinski definition) is 4. The van der Waals surface area contributed by atoms with E-state index < -0.39 is 0 Å². The molecule has 1 aromatic heterocycles. The van der Waals surface area contributed by atoms with Crippen LogP contribution in [0.1, 0.15) is 18.1 Å². The molecular weight excluding hydrogens is 250 g/mol. The molecule has 0 radical (unpaired) electrons. The lowest BCUT2D eigenvalue weighted by Crippen LogP contribution is -2.11. The average molecular weight is 266 g/mol. The molecule has 0 aliphatic heterocycles. The molecule has 1 heterocycles. The number of nitrogens with two attached hydrogens (primary N) is 1. The van der Waals surface area contributed by atoms with Crippen molar-refractivity contribution in [2.45, 2.75) is 20.3 Å². The van der Waals surface area contributed by atoms with Gasteiger partial charge in [-0.2, -0.15) is 0 Å². The zero-order valence-corrected chi connectivity index (χ0v) is 11.4. The number of hydrazine groups is 1. The lowest BCUT2D eigenvalue weighted by Gasteiger charge is -2.13. The molecule has 2 rings (SSSR count). The van der Waals surface area contributed by atoms with Crippen molar-refractivity contribution in [3.63, 3.8) is 0 Å². The van der Waals surface area contributed by atoms with Gasteiger partial charge >= 0.3 is 0 Å². The van der Waals surface area contributed by atoms with Gasteiger partial charge in [-0.15, -0.1) is 0 Å². The number of halogens is 1. The second-order valence-electron chi connectivity index (χ2n) is 4.10. The molecule has 5 heteroatoms. The van der Waals surface area contributed by atoms with Crippen LogP contribution in [-0.4, -0.2) is 12.1 Å². The van der Waals surface area contributed by atoms with Crippen LogP contribution >= 0.6 is 11.6 Å². The summed E-state index contributed by atoms with van der Waals surface area (Å²) in [6.07, 6.45) is 0.854. The van der Waals surface area contributed by atoms with E-state index in [1.54, 1.807) is 7.11 Å². The van der Waals surface area contributed by atoms with Crippen LogP contribution in [0.15, 0.2) is 12.1 Å². The maximum absolute atomic E-state index is 6.16. The highest BCUT2D eigenvalue weighted by molar-refractivity contribution is 6.33. The highest BCUT2D eigenvalue weighted by Gasteiger charge is 2.14. The molecular formula is C13H16ClN3O. The van der Waals surface area contributed by atoms with E-state index in [-0.39, 0.29) is 0 Å². The molecule has 2 aromatic rings. The quantitative estimate of drug-likeness (QED) is 0.661. The van der Waals surface area contributed by atoms with E-state index in [0.717, 1.165) is 28.5 Å². The van der Waals surface area contributed by atoms with Gasteiger partial charge in [-0.1, -0.05) is 18.5 Å². The van der Waals surface area contributed by atoms with E-state index in [1.165, 1.54) is 0 Å². The van der Waals surface area contributed by atoms with Crippen molar-refractivity contribution in [2.75, 3.05) is 12.5 Å². The van der Waals surface area contributed by atoms with Gasteiger partial charge in [0, 0.05) is 5.39 Å². The number of nitrogen functional groups attached to an aromatic ring is 1. The van der Waals surface area contributed by atoms with Gasteiger partial charge in [0.25, 0.3) is 0 Å². The molecule has 96 valence electrons. The summed E-state index contributed by atoms with van der Waals surface area (Å²) in [7, 11) is 1.58. The zero-order chi connectivity index (χ0) is 13.3. The summed E-state index contributed by atoms with van der Waals surface area (Å²) in [4.78, 5) is 4.51. The molecule has 0 unspecified atom stereocenters. The number of benzene rings is 1. The van der Waals surface area contributed by atoms with Crippen LogP contribution in [0.2, 0.25) is 5.02 Å². The van der Waals surface area contributed by atoms with Gasteiger partial charge in [-0.25, -0.2) is 10.8 Å². The van der Waals surface area contributed by atoms with E-state index in [4.69, 9.17) is 22.2 Å². The van der Waals surface area contributed by atoms with Gasteiger partial charge in [0.1, 0.15) is 11.3 Å². The SMILES string of the molecule is CCc1cc2c(C)cc(Cl)c(OC)c2nc1NN. The third-order valence-corrected chi connectivity index (χ3v) is 3.30. The van der Waals surface area contributed by atoms with Crippen molar-refractivity contribution in [1.29, 1.82) is 0 Å². The Morgan fingerprint density at radius 1 is 1.44 bits per heavy atom. The number of methoxy groups -OCH3 is 1. The molecule has 0 spiro atoms. The van der Waals surface area contributed by atoms with Crippen LogP contribution in [0.3, 0.4) is 0 Å². The van der Waals surface area contributed by atoms with Gasteiger partial charge in [-0.05, 0) is 36.6 Å². The number of nitrogens with zero attached hydrogens (tertiary/aromatic N) is 1. The normalized spacial score (nSPS) is 10.7. The summed E-state index contributed by atoms with van der Waals surface area (Å²) in [6, 6.07) is 3.96. The molecule has 18 heavy (non-hydrogen) atoms. The molecule has 0 amide bonds. The Hall–Kier alpha value is -1.52. The highest BCUT2D eigenvalue weighted by Crippen LogP contribution is 2.36. The maximum atomic E-state index is 6.16. The largest absolute Gasteiger partial charge is 0.493 e. The fourth-order valence-corrected chi connectivity index (χ4v) is 2.39. The number of fused-ring (bicyclic) bond motifs is 1. The number of hydrogen-bond donors (Lipinski definition) is 2. The number of nitrogens with one attached hydrogen (secondary N) is 1. The molecule has 3 N–H and O–H groups in total. The third kappa shape index (κ3) is 1.98. The minimum absolute atomic E-state index is 0.558. The van der Waals surface area contributed by atoms with Gasteiger partial charge in [-0.3, -0.25) is 0 Å². The molecule has 0 saturated heterocycles. The topological polar surface area (TPSA) is 60.2 Å². The minimum Gasteiger partial charge on any atom is -0.493 e. The first-order chi connectivity index (χ1) is 8.62. The lowest BCUT2D eigenvalue weighted by atomic mass is 10.0. The Morgan fingerprint density at radius 3 is 2.72 bits per heavy atom. The highest BCUT2D eigenvalue weighted by atomic mass is 35.5. The minimum atomic E-state index is 0.558. The van der Waals surface area contributed by atoms with E-state index in [0.29, 0.717) is 16.6 Å². The molecule has 0 atom stereocenters. The molecule has 4 nitrogen and oxygen atoms in total. The summed E-state index contributed by atoms with van der Waals surface area (Å²) in [5.41, 5.74) is 5.49. The van der Waals surface area contributed by atoms with Gasteiger partial charge < -0.3 is 10.2 Å². The standard InChI is InChI=1S/C13H16ClN3O/c1-4-8-6-9-7(2)5-10(14)12(18-3)11(9)16-13(8)17-15/h5-6H,4,15H2,1-3H3,(H,16,17). The lowest BCUT2D eigenvalue weighted by molar-refractivity contribution is 0.419. The molecule has 0 saturated carbocycles. The molecule has 0 fully saturated rings. The predicted molar refractivity (Wildman–Crippen MR) is 75.2 cm³/mol. The summed E-state index contributed by atoms with van der Waals surface area (Å²) in [5.74, 6) is 6.74. The third-order valence-electron chi connectivity index (χ3n) is 3.02. The number of pyridine rings is 1. The van der Waals surface area contributed by atoms with Crippen molar-refractivity contribution < 1.29 is 4.74 Å². The Labute approximate surface area is 111 Å². The summed E-state index contributed by atoms with van der Waals surface area (Å²) in [6.45, 7) is 4.07. The zero-order valence-electron chi connectivity index (χ0n) is 10.7. The van der Waals surface area contributed by atoms with Crippen molar-refractivity contribution >= 4 is 28.3 Å². The smallest absolute Gasteiger partial charge is 0.163 e. The summed E-state index contributed by atoms with van der Waals surface area (Å²) < 4.78 is 5.32. The number of ether oxygens (including phenoxy) is 1. The summed E-state index contributed by atoms with van der Waals surface area (Å²) >= 11 is 6.16. The van der Waals surface area contributed by atoms with E-state index in [2.05, 4.69) is 23.4 Å². The van der Waals surface area contributed by atoms with Crippen molar-refractivity contribution in [2.24, 2.45) is 5.84 Å². The second kappa shape index (κ2) is 5.00. The number of aromatic nitrogens is 1. The van der Waals surface area contributed by atoms with Crippen LogP contribution in [0.4, 0.5) is 5.82 Å². The van der Waals surface area contributed by atoms with Gasteiger partial charge in [0.05, 0.1) is 12.1 Å². The Balaban J connectivity index is 2.87. The predicted octanol–water partition coefficient (Wildman–Crippen LogP) is 3.05. The van der Waals surface area contributed by atoms with Crippen molar-refractivity contribution in [3.05, 3.63) is 28.3 Å². The first-order valence-corrected chi connectivity index (χ1v) is 6.13. The van der Waals surface area contributed by atoms with Crippen LogP contribution in [-0.2, 0) is 6.42 Å².